The fourth-order valence-electron chi connectivity index (χ4n) is 1.55. The molecule has 0 aliphatic heterocycles. The number of benzene rings is 1. The molecule has 0 atom stereocenters. The van der Waals surface area contributed by atoms with Gasteiger partial charge in [0.2, 0.25) is 0 Å². The lowest BCUT2D eigenvalue weighted by atomic mass is 10.1. The van der Waals surface area contributed by atoms with Gasteiger partial charge in [-0.3, -0.25) is 10.1 Å². The van der Waals surface area contributed by atoms with Gasteiger partial charge in [0.1, 0.15) is 0 Å². The first-order valence-electron chi connectivity index (χ1n) is 5.18. The standard InChI is InChI=1S/C11H14F2N2O3/c1-11(2,6-18-3)14-10-8(15(16)17)5-4-7(12)9(10)13/h4-5,14H,6H2,1-3H3. The fraction of sp³-hybridized carbons (Fsp3) is 0.455. The van der Waals surface area contributed by atoms with Crippen molar-refractivity contribution >= 4 is 11.4 Å². The molecule has 1 aromatic carbocycles. The fourth-order valence-corrected chi connectivity index (χ4v) is 1.55. The van der Waals surface area contributed by atoms with E-state index in [-0.39, 0.29) is 6.61 Å². The van der Waals surface area contributed by atoms with E-state index in [0.29, 0.717) is 0 Å². The van der Waals surface area contributed by atoms with Crippen LogP contribution in [0.4, 0.5) is 20.2 Å². The van der Waals surface area contributed by atoms with Crippen molar-refractivity contribution in [1.82, 2.24) is 0 Å². The highest BCUT2D eigenvalue weighted by Crippen LogP contribution is 2.31. The molecule has 0 saturated heterocycles. The highest BCUT2D eigenvalue weighted by atomic mass is 19.2. The predicted octanol–water partition coefficient (Wildman–Crippen LogP) is 2.71. The van der Waals surface area contributed by atoms with E-state index < -0.39 is 33.5 Å². The maximum absolute atomic E-state index is 13.6. The van der Waals surface area contributed by atoms with E-state index in [9.17, 15) is 18.9 Å². The third-order valence-electron chi connectivity index (χ3n) is 2.24. The number of nitro groups is 1. The Labute approximate surface area is 103 Å². The van der Waals surface area contributed by atoms with Gasteiger partial charge >= 0.3 is 0 Å². The first kappa shape index (κ1) is 14.3. The summed E-state index contributed by atoms with van der Waals surface area (Å²) in [5.41, 5.74) is -1.76. The molecule has 5 nitrogen and oxygen atoms in total. The van der Waals surface area contributed by atoms with E-state index in [1.165, 1.54) is 7.11 Å². The van der Waals surface area contributed by atoms with E-state index in [1.54, 1.807) is 13.8 Å². The predicted molar refractivity (Wildman–Crippen MR) is 62.6 cm³/mol. The van der Waals surface area contributed by atoms with Crippen LogP contribution in [0, 0.1) is 21.7 Å². The van der Waals surface area contributed by atoms with Crippen molar-refractivity contribution < 1.29 is 18.4 Å². The average Bonchev–Trinajstić information content (AvgIpc) is 2.24. The second-order valence-electron chi connectivity index (χ2n) is 4.45. The van der Waals surface area contributed by atoms with Crippen LogP contribution in [0.3, 0.4) is 0 Å². The summed E-state index contributed by atoms with van der Waals surface area (Å²) < 4.78 is 31.6. The van der Waals surface area contributed by atoms with E-state index in [4.69, 9.17) is 4.74 Å². The molecule has 0 bridgehead atoms. The van der Waals surface area contributed by atoms with Gasteiger partial charge in [-0.2, -0.15) is 0 Å². The summed E-state index contributed by atoms with van der Waals surface area (Å²) in [6.45, 7) is 3.50. The normalized spacial score (nSPS) is 11.4. The van der Waals surface area contributed by atoms with E-state index >= 15 is 0 Å². The smallest absolute Gasteiger partial charge is 0.295 e. The molecule has 0 amide bonds. The molecule has 0 unspecified atom stereocenters. The molecule has 18 heavy (non-hydrogen) atoms. The van der Waals surface area contributed by atoms with Gasteiger partial charge in [-0.05, 0) is 19.9 Å². The molecule has 0 aromatic heterocycles. The summed E-state index contributed by atoms with van der Waals surface area (Å²) in [5.74, 6) is -2.41. The van der Waals surface area contributed by atoms with Crippen LogP contribution >= 0.6 is 0 Å². The van der Waals surface area contributed by atoms with Crippen molar-refractivity contribution in [3.8, 4) is 0 Å². The number of nitro benzene ring substituents is 1. The molecule has 0 fully saturated rings. The molecule has 1 N–H and O–H groups in total. The van der Waals surface area contributed by atoms with Crippen LogP contribution in [-0.2, 0) is 4.74 Å². The first-order chi connectivity index (χ1) is 8.28. The largest absolute Gasteiger partial charge is 0.382 e. The van der Waals surface area contributed by atoms with Gasteiger partial charge in [-0.25, -0.2) is 8.78 Å². The molecule has 0 aliphatic rings. The van der Waals surface area contributed by atoms with Crippen LogP contribution in [0.5, 0.6) is 0 Å². The van der Waals surface area contributed by atoms with Crippen LogP contribution in [-0.4, -0.2) is 24.2 Å². The summed E-state index contributed by atoms with van der Waals surface area (Å²) in [4.78, 5) is 10.0. The summed E-state index contributed by atoms with van der Waals surface area (Å²) in [7, 11) is 1.44. The van der Waals surface area contributed by atoms with Crippen molar-refractivity contribution in [3.05, 3.63) is 33.9 Å². The number of methoxy groups -OCH3 is 1. The summed E-state index contributed by atoms with van der Waals surface area (Å²) >= 11 is 0. The molecule has 0 heterocycles. The van der Waals surface area contributed by atoms with Crippen LogP contribution < -0.4 is 5.32 Å². The summed E-state index contributed by atoms with van der Waals surface area (Å²) in [6, 6.07) is 1.64. The van der Waals surface area contributed by atoms with Gasteiger partial charge in [-0.15, -0.1) is 0 Å². The van der Waals surface area contributed by atoms with Crippen molar-refractivity contribution in [3.63, 3.8) is 0 Å². The lowest BCUT2D eigenvalue weighted by Crippen LogP contribution is -2.36. The molecule has 0 spiro atoms. The monoisotopic (exact) mass is 260 g/mol. The van der Waals surface area contributed by atoms with Crippen molar-refractivity contribution in [2.45, 2.75) is 19.4 Å². The maximum Gasteiger partial charge on any atom is 0.295 e. The number of rotatable bonds is 5. The van der Waals surface area contributed by atoms with Crippen LogP contribution in [0.15, 0.2) is 12.1 Å². The molecule has 7 heteroatoms. The van der Waals surface area contributed by atoms with Crippen molar-refractivity contribution in [1.29, 1.82) is 0 Å². The molecule has 1 aromatic rings. The van der Waals surface area contributed by atoms with E-state index in [0.717, 1.165) is 12.1 Å². The Balaban J connectivity index is 3.21. The van der Waals surface area contributed by atoms with E-state index in [1.807, 2.05) is 0 Å². The number of hydrogen-bond donors (Lipinski definition) is 1. The molecule has 0 radical (unpaired) electrons. The molecule has 100 valence electrons. The van der Waals surface area contributed by atoms with Crippen LogP contribution in [0.25, 0.3) is 0 Å². The highest BCUT2D eigenvalue weighted by molar-refractivity contribution is 5.63. The molecular weight excluding hydrogens is 246 g/mol. The van der Waals surface area contributed by atoms with Gasteiger partial charge in [0.05, 0.1) is 17.1 Å². The molecule has 1 rings (SSSR count). The lowest BCUT2D eigenvalue weighted by Gasteiger charge is -2.26. The Kier molecular flexibility index (Phi) is 4.18. The Morgan fingerprint density at radius 3 is 2.56 bits per heavy atom. The third-order valence-corrected chi connectivity index (χ3v) is 2.24. The van der Waals surface area contributed by atoms with Gasteiger partial charge in [0, 0.05) is 13.2 Å². The minimum atomic E-state index is -1.27. The number of anilines is 1. The van der Waals surface area contributed by atoms with Gasteiger partial charge in [-0.1, -0.05) is 0 Å². The van der Waals surface area contributed by atoms with Gasteiger partial charge in [0.15, 0.2) is 17.3 Å². The maximum atomic E-state index is 13.6. The van der Waals surface area contributed by atoms with E-state index in [2.05, 4.69) is 5.32 Å². The van der Waals surface area contributed by atoms with Crippen molar-refractivity contribution in [2.75, 3.05) is 19.0 Å². The van der Waals surface area contributed by atoms with Gasteiger partial charge < -0.3 is 10.1 Å². The zero-order valence-electron chi connectivity index (χ0n) is 10.3. The minimum absolute atomic E-state index is 0.181. The zero-order chi connectivity index (χ0) is 13.9. The highest BCUT2D eigenvalue weighted by Gasteiger charge is 2.27. The number of halogens is 2. The number of nitrogens with zero attached hydrogens (tertiary/aromatic N) is 1. The second-order valence-corrected chi connectivity index (χ2v) is 4.45. The number of nitrogens with one attached hydrogen (secondary N) is 1. The molecule has 0 saturated carbocycles. The molecular formula is C11H14F2N2O3. The topological polar surface area (TPSA) is 64.4 Å². The lowest BCUT2D eigenvalue weighted by molar-refractivity contribution is -0.384. The van der Waals surface area contributed by atoms with Crippen LogP contribution in [0.1, 0.15) is 13.8 Å². The Morgan fingerprint density at radius 2 is 2.06 bits per heavy atom. The average molecular weight is 260 g/mol. The SMILES string of the molecule is COCC(C)(C)Nc1c([N+](=O)[O-])ccc(F)c1F. The first-order valence-corrected chi connectivity index (χ1v) is 5.18. The third kappa shape index (κ3) is 3.13. The quantitative estimate of drug-likeness (QED) is 0.653. The zero-order valence-corrected chi connectivity index (χ0v) is 10.3. The van der Waals surface area contributed by atoms with Crippen molar-refractivity contribution in [2.24, 2.45) is 0 Å². The van der Waals surface area contributed by atoms with Gasteiger partial charge in [0.25, 0.3) is 5.69 Å². The Hall–Kier alpha value is -1.76. The second kappa shape index (κ2) is 5.26. The minimum Gasteiger partial charge on any atom is -0.382 e. The van der Waals surface area contributed by atoms with Crippen LogP contribution in [0.2, 0.25) is 0 Å². The Morgan fingerprint density at radius 1 is 1.44 bits per heavy atom. The summed E-state index contributed by atoms with van der Waals surface area (Å²) in [5, 5.41) is 13.4. The Bertz CT molecular complexity index is 464. The number of ether oxygens (including phenoxy) is 1. The molecule has 0 aliphatic carbocycles. The summed E-state index contributed by atoms with van der Waals surface area (Å²) in [6.07, 6.45) is 0. The number of hydrogen-bond acceptors (Lipinski definition) is 4.